The highest BCUT2D eigenvalue weighted by atomic mass is 16.5. The van der Waals surface area contributed by atoms with E-state index in [-0.39, 0.29) is 17.7 Å². The summed E-state index contributed by atoms with van der Waals surface area (Å²) in [6.45, 7) is 4.33. The van der Waals surface area contributed by atoms with Crippen molar-refractivity contribution < 1.29 is 14.3 Å². The average Bonchev–Trinajstić information content (AvgIpc) is 2.75. The molecule has 1 saturated heterocycles. The SMILES string of the molecule is COc1ccccc1C(C)=CC(=O)Nc1ccc(CN2CCCC(C(N)=O)C2)cc1. The molecule has 3 rings (SSSR count). The highest BCUT2D eigenvalue weighted by molar-refractivity contribution is 6.04. The number of amides is 2. The smallest absolute Gasteiger partial charge is 0.248 e. The lowest BCUT2D eigenvalue weighted by atomic mass is 9.97. The number of likely N-dealkylation sites (tertiary alicyclic amines) is 1. The molecule has 2 aromatic rings. The van der Waals surface area contributed by atoms with E-state index in [1.54, 1.807) is 13.2 Å². The zero-order valence-electron chi connectivity index (χ0n) is 17.6. The summed E-state index contributed by atoms with van der Waals surface area (Å²) in [6, 6.07) is 15.4. The molecule has 1 aliphatic rings. The lowest BCUT2D eigenvalue weighted by molar-refractivity contribution is -0.123. The fourth-order valence-corrected chi connectivity index (χ4v) is 3.81. The lowest BCUT2D eigenvalue weighted by Gasteiger charge is -2.31. The Balaban J connectivity index is 1.58. The van der Waals surface area contributed by atoms with E-state index in [2.05, 4.69) is 10.2 Å². The van der Waals surface area contributed by atoms with Crippen LogP contribution in [0.3, 0.4) is 0 Å². The number of hydrogen-bond acceptors (Lipinski definition) is 4. The molecule has 6 nitrogen and oxygen atoms in total. The summed E-state index contributed by atoms with van der Waals surface area (Å²) in [5.74, 6) is 0.274. The average molecular weight is 408 g/mol. The Morgan fingerprint density at radius 3 is 2.63 bits per heavy atom. The molecule has 2 amide bonds. The van der Waals surface area contributed by atoms with Gasteiger partial charge in [0.15, 0.2) is 0 Å². The molecule has 1 atom stereocenters. The Kier molecular flexibility index (Phi) is 7.25. The molecule has 3 N–H and O–H groups in total. The van der Waals surface area contributed by atoms with Gasteiger partial charge in [0.1, 0.15) is 5.75 Å². The minimum absolute atomic E-state index is 0.0597. The van der Waals surface area contributed by atoms with Gasteiger partial charge in [-0.25, -0.2) is 0 Å². The number of hydrogen-bond donors (Lipinski definition) is 2. The second-order valence-corrected chi connectivity index (χ2v) is 7.69. The molecular weight excluding hydrogens is 378 g/mol. The number of nitrogens with zero attached hydrogens (tertiary/aromatic N) is 1. The van der Waals surface area contributed by atoms with Gasteiger partial charge in [-0.3, -0.25) is 14.5 Å². The van der Waals surface area contributed by atoms with E-state index in [1.807, 2.05) is 55.5 Å². The number of carbonyl (C=O) groups excluding carboxylic acids is 2. The number of carbonyl (C=O) groups is 2. The maximum Gasteiger partial charge on any atom is 0.248 e. The monoisotopic (exact) mass is 407 g/mol. The first-order valence-corrected chi connectivity index (χ1v) is 10.2. The molecule has 6 heteroatoms. The van der Waals surface area contributed by atoms with Crippen LogP contribution in [-0.2, 0) is 16.1 Å². The lowest BCUT2D eigenvalue weighted by Crippen LogP contribution is -2.40. The first-order valence-electron chi connectivity index (χ1n) is 10.2. The van der Waals surface area contributed by atoms with Crippen LogP contribution in [0.4, 0.5) is 5.69 Å². The number of anilines is 1. The van der Waals surface area contributed by atoms with E-state index in [0.717, 1.165) is 54.1 Å². The van der Waals surface area contributed by atoms with Gasteiger partial charge in [-0.2, -0.15) is 0 Å². The summed E-state index contributed by atoms with van der Waals surface area (Å²) >= 11 is 0. The van der Waals surface area contributed by atoms with Crippen molar-refractivity contribution in [1.29, 1.82) is 0 Å². The highest BCUT2D eigenvalue weighted by Gasteiger charge is 2.23. The Morgan fingerprint density at radius 1 is 1.20 bits per heavy atom. The van der Waals surface area contributed by atoms with E-state index >= 15 is 0 Å². The summed E-state index contributed by atoms with van der Waals surface area (Å²) in [5, 5.41) is 2.90. The number of allylic oxidation sites excluding steroid dienone is 1. The third-order valence-corrected chi connectivity index (χ3v) is 5.41. The van der Waals surface area contributed by atoms with Crippen LogP contribution in [0.1, 0.15) is 30.9 Å². The first kappa shape index (κ1) is 21.6. The third-order valence-electron chi connectivity index (χ3n) is 5.41. The van der Waals surface area contributed by atoms with Crippen LogP contribution in [-0.4, -0.2) is 36.9 Å². The van der Waals surface area contributed by atoms with Gasteiger partial charge >= 0.3 is 0 Å². The van der Waals surface area contributed by atoms with Gasteiger partial charge in [0, 0.05) is 30.4 Å². The fourth-order valence-electron chi connectivity index (χ4n) is 3.81. The Bertz CT molecular complexity index is 922. The number of nitrogens with two attached hydrogens (primary N) is 1. The molecule has 0 saturated carbocycles. The van der Waals surface area contributed by atoms with Crippen LogP contribution in [0.25, 0.3) is 5.57 Å². The second-order valence-electron chi connectivity index (χ2n) is 7.69. The number of rotatable bonds is 7. The maximum atomic E-state index is 12.4. The Hall–Kier alpha value is -3.12. The molecular formula is C24H29N3O3. The summed E-state index contributed by atoms with van der Waals surface area (Å²) in [7, 11) is 1.62. The van der Waals surface area contributed by atoms with Gasteiger partial charge in [0.25, 0.3) is 0 Å². The standard InChI is InChI=1S/C24H29N3O3/c1-17(21-7-3-4-8-22(21)30-2)14-23(28)26-20-11-9-18(10-12-20)15-27-13-5-6-19(16-27)24(25)29/h3-4,7-12,14,19H,5-6,13,15-16H2,1-2H3,(H2,25,29)(H,26,28). The van der Waals surface area contributed by atoms with Crippen LogP contribution < -0.4 is 15.8 Å². The van der Waals surface area contributed by atoms with Gasteiger partial charge in [-0.1, -0.05) is 30.3 Å². The van der Waals surface area contributed by atoms with Gasteiger partial charge in [0.05, 0.1) is 13.0 Å². The van der Waals surface area contributed by atoms with Crippen LogP contribution in [0.5, 0.6) is 5.75 Å². The first-order chi connectivity index (χ1) is 14.5. The maximum absolute atomic E-state index is 12.4. The zero-order valence-corrected chi connectivity index (χ0v) is 17.6. The predicted octanol–water partition coefficient (Wildman–Crippen LogP) is 3.43. The van der Waals surface area contributed by atoms with E-state index in [4.69, 9.17) is 10.5 Å². The van der Waals surface area contributed by atoms with Crippen LogP contribution in [0.2, 0.25) is 0 Å². The third kappa shape index (κ3) is 5.70. The predicted molar refractivity (Wildman–Crippen MR) is 119 cm³/mol. The van der Waals surface area contributed by atoms with Crippen LogP contribution >= 0.6 is 0 Å². The van der Waals surface area contributed by atoms with Crippen molar-refractivity contribution in [3.05, 3.63) is 65.7 Å². The minimum Gasteiger partial charge on any atom is -0.496 e. The molecule has 158 valence electrons. The second kappa shape index (κ2) is 10.1. The summed E-state index contributed by atoms with van der Waals surface area (Å²) in [4.78, 5) is 26.1. The molecule has 0 aliphatic carbocycles. The molecule has 0 aromatic heterocycles. The van der Waals surface area contributed by atoms with Crippen molar-refractivity contribution >= 4 is 23.1 Å². The number of nitrogens with one attached hydrogen (secondary N) is 1. The topological polar surface area (TPSA) is 84.7 Å². The minimum atomic E-state index is -0.214. The van der Waals surface area contributed by atoms with Crippen molar-refractivity contribution in [2.75, 3.05) is 25.5 Å². The number of ether oxygens (including phenoxy) is 1. The Morgan fingerprint density at radius 2 is 1.93 bits per heavy atom. The molecule has 0 radical (unpaired) electrons. The number of para-hydroxylation sites is 1. The van der Waals surface area contributed by atoms with Gasteiger partial charge in [-0.15, -0.1) is 0 Å². The molecule has 30 heavy (non-hydrogen) atoms. The van der Waals surface area contributed by atoms with Crippen molar-refractivity contribution in [3.8, 4) is 5.75 Å². The summed E-state index contributed by atoms with van der Waals surface area (Å²) in [5.41, 5.74) is 9.05. The molecule has 0 spiro atoms. The van der Waals surface area contributed by atoms with Crippen molar-refractivity contribution in [3.63, 3.8) is 0 Å². The van der Waals surface area contributed by atoms with Crippen molar-refractivity contribution in [2.45, 2.75) is 26.3 Å². The number of primary amides is 1. The molecule has 1 aliphatic heterocycles. The number of piperidine rings is 1. The highest BCUT2D eigenvalue weighted by Crippen LogP contribution is 2.25. The number of benzene rings is 2. The van der Waals surface area contributed by atoms with E-state index in [1.165, 1.54) is 0 Å². The molecule has 0 bridgehead atoms. The summed E-state index contributed by atoms with van der Waals surface area (Å²) in [6.07, 6.45) is 3.43. The van der Waals surface area contributed by atoms with Gasteiger partial charge in [-0.05, 0) is 55.6 Å². The molecule has 1 unspecified atom stereocenters. The summed E-state index contributed by atoms with van der Waals surface area (Å²) < 4.78 is 5.36. The van der Waals surface area contributed by atoms with Crippen molar-refractivity contribution in [1.82, 2.24) is 4.90 Å². The largest absolute Gasteiger partial charge is 0.496 e. The molecule has 1 fully saturated rings. The van der Waals surface area contributed by atoms with E-state index < -0.39 is 0 Å². The normalized spacial score (nSPS) is 17.4. The fraction of sp³-hybridized carbons (Fsp3) is 0.333. The van der Waals surface area contributed by atoms with E-state index in [9.17, 15) is 9.59 Å². The molecule has 2 aromatic carbocycles. The van der Waals surface area contributed by atoms with Crippen molar-refractivity contribution in [2.24, 2.45) is 11.7 Å². The molecule has 1 heterocycles. The van der Waals surface area contributed by atoms with E-state index in [0.29, 0.717) is 6.54 Å². The van der Waals surface area contributed by atoms with Crippen LogP contribution in [0, 0.1) is 5.92 Å². The van der Waals surface area contributed by atoms with Crippen LogP contribution in [0.15, 0.2) is 54.6 Å². The van der Waals surface area contributed by atoms with Gasteiger partial charge in [0.2, 0.25) is 11.8 Å². The quantitative estimate of drug-likeness (QED) is 0.689. The number of methoxy groups -OCH3 is 1. The zero-order chi connectivity index (χ0) is 21.5. The van der Waals surface area contributed by atoms with Gasteiger partial charge < -0.3 is 15.8 Å². The Labute approximate surface area is 177 Å².